The van der Waals surface area contributed by atoms with Crippen molar-refractivity contribution in [1.82, 2.24) is 10.2 Å². The zero-order valence-corrected chi connectivity index (χ0v) is 9.58. The van der Waals surface area contributed by atoms with Gasteiger partial charge in [0.1, 0.15) is 0 Å². The maximum absolute atomic E-state index is 11.8. The zero-order valence-electron chi connectivity index (χ0n) is 9.58. The molecule has 1 N–H and O–H groups in total. The Labute approximate surface area is 91.0 Å². The number of carbonyl (C=O) groups excluding carboxylic acids is 1. The van der Waals surface area contributed by atoms with Gasteiger partial charge in [0.15, 0.2) is 0 Å². The molecule has 4 heteroatoms. The molecule has 1 heterocycles. The van der Waals surface area contributed by atoms with Crippen LogP contribution in [0.5, 0.6) is 0 Å². The molecule has 2 fully saturated rings. The van der Waals surface area contributed by atoms with Gasteiger partial charge in [-0.2, -0.15) is 0 Å². The van der Waals surface area contributed by atoms with Gasteiger partial charge in [-0.3, -0.25) is 10.1 Å². The summed E-state index contributed by atoms with van der Waals surface area (Å²) < 4.78 is 5.47. The quantitative estimate of drug-likeness (QED) is 0.678. The first-order valence-corrected chi connectivity index (χ1v) is 5.76. The van der Waals surface area contributed by atoms with E-state index in [1.54, 1.807) is 0 Å². The highest BCUT2D eigenvalue weighted by molar-refractivity contribution is 5.91. The molecule has 0 aromatic heterocycles. The minimum atomic E-state index is -0.155. The molecule has 0 aromatic carbocycles. The van der Waals surface area contributed by atoms with Gasteiger partial charge in [-0.05, 0) is 18.8 Å². The van der Waals surface area contributed by atoms with E-state index in [1.807, 2.05) is 4.90 Å². The fraction of sp³-hybridized carbons (Fsp3) is 0.909. The number of hydrogen-bond donors (Lipinski definition) is 1. The molecule has 1 spiro atoms. The van der Waals surface area contributed by atoms with Crippen molar-refractivity contribution in [2.45, 2.75) is 32.2 Å². The van der Waals surface area contributed by atoms with E-state index in [9.17, 15) is 4.79 Å². The van der Waals surface area contributed by atoms with Gasteiger partial charge < -0.3 is 9.64 Å². The first-order valence-electron chi connectivity index (χ1n) is 5.76. The van der Waals surface area contributed by atoms with Crippen molar-refractivity contribution in [2.75, 3.05) is 26.4 Å². The summed E-state index contributed by atoms with van der Waals surface area (Å²) in [5.74, 6) is 0.836. The molecular weight excluding hydrogens is 192 g/mol. The Morgan fingerprint density at radius 2 is 2.27 bits per heavy atom. The van der Waals surface area contributed by atoms with Crippen LogP contribution >= 0.6 is 0 Å². The van der Waals surface area contributed by atoms with E-state index < -0.39 is 0 Å². The minimum Gasteiger partial charge on any atom is -0.379 e. The normalized spacial score (nSPS) is 23.1. The third-order valence-corrected chi connectivity index (χ3v) is 3.01. The third kappa shape index (κ3) is 2.32. The lowest BCUT2D eigenvalue weighted by Gasteiger charge is -2.15. The fourth-order valence-electron chi connectivity index (χ4n) is 1.89. The molecule has 0 aromatic rings. The van der Waals surface area contributed by atoms with Crippen LogP contribution in [0.15, 0.2) is 0 Å². The molecule has 2 aliphatic rings. The molecule has 0 atom stereocenters. The lowest BCUT2D eigenvalue weighted by Crippen LogP contribution is -2.34. The second-order valence-electron chi connectivity index (χ2n) is 4.95. The van der Waals surface area contributed by atoms with Crippen molar-refractivity contribution in [3.8, 4) is 0 Å². The van der Waals surface area contributed by atoms with Gasteiger partial charge in [0.05, 0.1) is 18.8 Å². The largest absolute Gasteiger partial charge is 0.379 e. The van der Waals surface area contributed by atoms with Crippen molar-refractivity contribution in [3.05, 3.63) is 0 Å². The van der Waals surface area contributed by atoms with E-state index in [-0.39, 0.29) is 11.4 Å². The Balaban J connectivity index is 1.66. The molecule has 1 aliphatic carbocycles. The number of rotatable bonds is 5. The summed E-state index contributed by atoms with van der Waals surface area (Å²) in [6.07, 6.45) is 2.02. The monoisotopic (exact) mass is 212 g/mol. The van der Waals surface area contributed by atoms with Crippen molar-refractivity contribution < 1.29 is 9.53 Å². The van der Waals surface area contributed by atoms with Gasteiger partial charge in [-0.1, -0.05) is 13.8 Å². The average molecular weight is 212 g/mol. The number of carbonyl (C=O) groups is 1. The summed E-state index contributed by atoms with van der Waals surface area (Å²) in [5, 5.41) is 3.28. The fourth-order valence-corrected chi connectivity index (χ4v) is 1.89. The molecule has 4 nitrogen and oxygen atoms in total. The van der Waals surface area contributed by atoms with E-state index in [4.69, 9.17) is 4.74 Å². The van der Waals surface area contributed by atoms with Crippen molar-refractivity contribution in [2.24, 2.45) is 5.92 Å². The number of nitrogens with one attached hydrogen (secondary N) is 1. The summed E-state index contributed by atoms with van der Waals surface area (Å²) in [7, 11) is 0. The average Bonchev–Trinajstić information content (AvgIpc) is 2.90. The number of ether oxygens (including phenoxy) is 1. The maximum atomic E-state index is 11.8. The number of amides is 1. The second-order valence-corrected chi connectivity index (χ2v) is 4.95. The summed E-state index contributed by atoms with van der Waals surface area (Å²) in [6, 6.07) is 0. The predicted molar refractivity (Wildman–Crippen MR) is 57.3 cm³/mol. The van der Waals surface area contributed by atoms with E-state index in [2.05, 4.69) is 19.2 Å². The van der Waals surface area contributed by atoms with Crippen LogP contribution in [-0.4, -0.2) is 42.8 Å². The smallest absolute Gasteiger partial charge is 0.244 e. The minimum absolute atomic E-state index is 0.155. The lowest BCUT2D eigenvalue weighted by atomic mass is 10.2. The SMILES string of the molecule is CC(C)COCCN1CNC2(CC2)C1=O. The zero-order chi connectivity index (χ0) is 10.9. The van der Waals surface area contributed by atoms with Crippen LogP contribution < -0.4 is 5.32 Å². The first kappa shape index (κ1) is 10.9. The van der Waals surface area contributed by atoms with Gasteiger partial charge in [0.25, 0.3) is 0 Å². The highest BCUT2D eigenvalue weighted by Gasteiger charge is 2.55. The van der Waals surface area contributed by atoms with Gasteiger partial charge in [0.2, 0.25) is 5.91 Å². The first-order chi connectivity index (χ1) is 7.14. The van der Waals surface area contributed by atoms with Gasteiger partial charge in [-0.25, -0.2) is 0 Å². The molecular formula is C11H20N2O2. The number of nitrogens with zero attached hydrogens (tertiary/aromatic N) is 1. The predicted octanol–water partition coefficient (Wildman–Crippen LogP) is 0.581. The molecule has 1 amide bonds. The van der Waals surface area contributed by atoms with Crippen LogP contribution in [0.25, 0.3) is 0 Å². The van der Waals surface area contributed by atoms with Crippen LogP contribution in [0.4, 0.5) is 0 Å². The van der Waals surface area contributed by atoms with Crippen molar-refractivity contribution in [3.63, 3.8) is 0 Å². The summed E-state index contributed by atoms with van der Waals surface area (Å²) in [5.41, 5.74) is -0.155. The molecule has 0 bridgehead atoms. The summed E-state index contributed by atoms with van der Waals surface area (Å²) in [4.78, 5) is 13.7. The summed E-state index contributed by atoms with van der Waals surface area (Å²) >= 11 is 0. The Morgan fingerprint density at radius 1 is 1.53 bits per heavy atom. The van der Waals surface area contributed by atoms with Crippen LogP contribution in [0.2, 0.25) is 0 Å². The Bertz CT molecular complexity index is 249. The Morgan fingerprint density at radius 3 is 2.80 bits per heavy atom. The van der Waals surface area contributed by atoms with E-state index in [0.29, 0.717) is 19.2 Å². The molecule has 1 saturated heterocycles. The Hall–Kier alpha value is -0.610. The molecule has 15 heavy (non-hydrogen) atoms. The molecule has 0 radical (unpaired) electrons. The number of hydrogen-bond acceptors (Lipinski definition) is 3. The van der Waals surface area contributed by atoms with E-state index in [1.165, 1.54) is 0 Å². The van der Waals surface area contributed by atoms with Gasteiger partial charge >= 0.3 is 0 Å². The molecule has 0 unspecified atom stereocenters. The maximum Gasteiger partial charge on any atom is 0.244 e. The van der Waals surface area contributed by atoms with E-state index >= 15 is 0 Å². The molecule has 2 rings (SSSR count). The topological polar surface area (TPSA) is 41.6 Å². The lowest BCUT2D eigenvalue weighted by molar-refractivity contribution is -0.130. The molecule has 1 saturated carbocycles. The highest BCUT2D eigenvalue weighted by Crippen LogP contribution is 2.39. The van der Waals surface area contributed by atoms with Crippen molar-refractivity contribution >= 4 is 5.91 Å². The standard InChI is InChI=1S/C11H20N2O2/c1-9(2)7-15-6-5-13-8-12-11(3-4-11)10(13)14/h9,12H,3-8H2,1-2H3. The van der Waals surface area contributed by atoms with Crippen LogP contribution in [0.3, 0.4) is 0 Å². The molecule has 86 valence electrons. The molecule has 1 aliphatic heterocycles. The van der Waals surface area contributed by atoms with Crippen molar-refractivity contribution in [1.29, 1.82) is 0 Å². The summed E-state index contributed by atoms with van der Waals surface area (Å²) in [6.45, 7) is 7.11. The Kier molecular flexibility index (Phi) is 2.98. The van der Waals surface area contributed by atoms with E-state index in [0.717, 1.165) is 26.0 Å². The van der Waals surface area contributed by atoms with Gasteiger partial charge in [0, 0.05) is 13.2 Å². The van der Waals surface area contributed by atoms with Crippen LogP contribution in [-0.2, 0) is 9.53 Å². The second kappa shape index (κ2) is 4.10. The highest BCUT2D eigenvalue weighted by atomic mass is 16.5. The van der Waals surface area contributed by atoms with Crippen LogP contribution in [0, 0.1) is 5.92 Å². The third-order valence-electron chi connectivity index (χ3n) is 3.01. The van der Waals surface area contributed by atoms with Gasteiger partial charge in [-0.15, -0.1) is 0 Å². The van der Waals surface area contributed by atoms with Crippen LogP contribution in [0.1, 0.15) is 26.7 Å².